The first kappa shape index (κ1) is 14.8. The minimum atomic E-state index is -0.632. The van der Waals surface area contributed by atoms with Gasteiger partial charge in [-0.1, -0.05) is 11.6 Å². The third kappa shape index (κ3) is 3.63. The van der Waals surface area contributed by atoms with E-state index in [1.807, 2.05) is 0 Å². The lowest BCUT2D eigenvalue weighted by Crippen LogP contribution is -2.43. The lowest BCUT2D eigenvalue weighted by molar-refractivity contribution is -0.117. The van der Waals surface area contributed by atoms with E-state index >= 15 is 0 Å². The molecule has 1 atom stereocenters. The van der Waals surface area contributed by atoms with Crippen molar-refractivity contribution in [3.63, 3.8) is 0 Å². The van der Waals surface area contributed by atoms with Gasteiger partial charge in [0, 0.05) is 14.2 Å². The molecule has 0 aliphatic heterocycles. The molecule has 0 aliphatic carbocycles. The van der Waals surface area contributed by atoms with Crippen LogP contribution in [0.25, 0.3) is 0 Å². The van der Waals surface area contributed by atoms with Gasteiger partial charge in [-0.25, -0.2) is 9.37 Å². The van der Waals surface area contributed by atoms with Crippen LogP contribution in [0.1, 0.15) is 17.3 Å². The zero-order valence-corrected chi connectivity index (χ0v) is 11.0. The molecule has 1 amide bonds. The fourth-order valence-electron chi connectivity index (χ4n) is 1.44. The Hall–Kier alpha value is -1.24. The molecule has 0 bridgehead atoms. The van der Waals surface area contributed by atoms with E-state index in [2.05, 4.69) is 10.3 Å². The SMILES string of the molecule is COC(OC)C(C)NC(=O)c1cc(F)cnc1Cl. The number of nitrogens with zero attached hydrogens (tertiary/aromatic N) is 1. The third-order valence-electron chi connectivity index (χ3n) is 2.28. The summed E-state index contributed by atoms with van der Waals surface area (Å²) in [5.41, 5.74) is -0.0329. The number of ether oxygens (including phenoxy) is 2. The van der Waals surface area contributed by atoms with Crippen LogP contribution in [0.3, 0.4) is 0 Å². The molecule has 100 valence electrons. The Morgan fingerprint density at radius 3 is 2.67 bits per heavy atom. The number of rotatable bonds is 5. The van der Waals surface area contributed by atoms with Crippen LogP contribution in [-0.2, 0) is 9.47 Å². The molecule has 0 aliphatic rings. The van der Waals surface area contributed by atoms with Crippen molar-refractivity contribution in [1.82, 2.24) is 10.3 Å². The third-order valence-corrected chi connectivity index (χ3v) is 2.58. The number of carbonyl (C=O) groups is 1. The summed E-state index contributed by atoms with van der Waals surface area (Å²) in [6.45, 7) is 1.69. The maximum atomic E-state index is 13.0. The van der Waals surface area contributed by atoms with Crippen LogP contribution in [0.15, 0.2) is 12.3 Å². The molecule has 1 N–H and O–H groups in total. The number of pyridine rings is 1. The van der Waals surface area contributed by atoms with Gasteiger partial charge in [-0.15, -0.1) is 0 Å². The fourth-order valence-corrected chi connectivity index (χ4v) is 1.63. The second kappa shape index (κ2) is 6.63. The number of halogens is 2. The van der Waals surface area contributed by atoms with Gasteiger partial charge in [0.25, 0.3) is 5.91 Å². The van der Waals surface area contributed by atoms with E-state index in [0.29, 0.717) is 0 Å². The first-order chi connectivity index (χ1) is 8.49. The molecule has 0 radical (unpaired) electrons. The van der Waals surface area contributed by atoms with E-state index in [4.69, 9.17) is 21.1 Å². The van der Waals surface area contributed by atoms with E-state index < -0.39 is 24.1 Å². The number of hydrogen-bond donors (Lipinski definition) is 1. The van der Waals surface area contributed by atoms with E-state index in [1.165, 1.54) is 14.2 Å². The number of hydrogen-bond acceptors (Lipinski definition) is 4. The van der Waals surface area contributed by atoms with Crippen LogP contribution in [0.4, 0.5) is 4.39 Å². The Morgan fingerprint density at radius 2 is 2.11 bits per heavy atom. The van der Waals surface area contributed by atoms with Crippen molar-refractivity contribution in [1.29, 1.82) is 0 Å². The molecule has 0 saturated heterocycles. The van der Waals surface area contributed by atoms with Crippen LogP contribution in [0.5, 0.6) is 0 Å². The van der Waals surface area contributed by atoms with Gasteiger partial charge in [0.15, 0.2) is 6.29 Å². The van der Waals surface area contributed by atoms with Gasteiger partial charge in [0.1, 0.15) is 11.0 Å². The summed E-state index contributed by atoms with van der Waals surface area (Å²) in [5, 5.41) is 2.52. The van der Waals surface area contributed by atoms with Gasteiger partial charge in [-0.2, -0.15) is 0 Å². The summed E-state index contributed by atoms with van der Waals surface area (Å²) in [4.78, 5) is 15.4. The summed E-state index contributed by atoms with van der Waals surface area (Å²) in [6, 6.07) is 0.596. The Morgan fingerprint density at radius 1 is 1.50 bits per heavy atom. The van der Waals surface area contributed by atoms with Crippen molar-refractivity contribution in [2.45, 2.75) is 19.3 Å². The maximum Gasteiger partial charge on any atom is 0.254 e. The smallest absolute Gasteiger partial charge is 0.254 e. The molecule has 1 unspecified atom stereocenters. The highest BCUT2D eigenvalue weighted by atomic mass is 35.5. The molecule has 0 spiro atoms. The molecule has 5 nitrogen and oxygen atoms in total. The minimum absolute atomic E-state index is 0.0329. The van der Waals surface area contributed by atoms with Gasteiger partial charge in [-0.05, 0) is 13.0 Å². The first-order valence-electron chi connectivity index (χ1n) is 5.17. The zero-order chi connectivity index (χ0) is 13.7. The van der Waals surface area contributed by atoms with Crippen molar-refractivity contribution >= 4 is 17.5 Å². The predicted octanol–water partition coefficient (Wildman–Crippen LogP) is 1.61. The van der Waals surface area contributed by atoms with Crippen LogP contribution in [0, 0.1) is 5.82 Å². The van der Waals surface area contributed by atoms with E-state index in [0.717, 1.165) is 12.3 Å². The Balaban J connectivity index is 2.79. The predicted molar refractivity (Wildman–Crippen MR) is 63.9 cm³/mol. The standard InChI is InChI=1S/C11H14ClFN2O3/c1-6(11(17-2)18-3)15-10(16)8-4-7(13)5-14-9(8)12/h4-6,11H,1-3H3,(H,15,16). The van der Waals surface area contributed by atoms with Gasteiger partial charge in [0.05, 0.1) is 17.8 Å². The monoisotopic (exact) mass is 276 g/mol. The molecular weight excluding hydrogens is 263 g/mol. The molecule has 0 aromatic carbocycles. The molecule has 0 saturated carbocycles. The zero-order valence-electron chi connectivity index (χ0n) is 10.2. The molecule has 0 fully saturated rings. The van der Waals surface area contributed by atoms with Crippen molar-refractivity contribution in [3.05, 3.63) is 28.8 Å². The average Bonchev–Trinajstić information content (AvgIpc) is 2.33. The van der Waals surface area contributed by atoms with Crippen molar-refractivity contribution < 1.29 is 18.7 Å². The van der Waals surface area contributed by atoms with E-state index in [-0.39, 0.29) is 10.7 Å². The largest absolute Gasteiger partial charge is 0.354 e. The quantitative estimate of drug-likeness (QED) is 0.656. The summed E-state index contributed by atoms with van der Waals surface area (Å²) in [7, 11) is 2.90. The van der Waals surface area contributed by atoms with Crippen molar-refractivity contribution in [2.24, 2.45) is 0 Å². The van der Waals surface area contributed by atoms with Gasteiger partial charge in [-0.3, -0.25) is 4.79 Å². The number of aromatic nitrogens is 1. The molecule has 1 aromatic heterocycles. The highest BCUT2D eigenvalue weighted by Gasteiger charge is 2.20. The summed E-state index contributed by atoms with van der Waals surface area (Å²) in [6.07, 6.45) is 0.338. The highest BCUT2D eigenvalue weighted by Crippen LogP contribution is 2.14. The molecule has 1 aromatic rings. The molecular formula is C11H14ClFN2O3. The Kier molecular flexibility index (Phi) is 5.46. The lowest BCUT2D eigenvalue weighted by Gasteiger charge is -2.22. The van der Waals surface area contributed by atoms with Gasteiger partial charge >= 0.3 is 0 Å². The lowest BCUT2D eigenvalue weighted by atomic mass is 10.2. The number of nitrogens with one attached hydrogen (secondary N) is 1. The van der Waals surface area contributed by atoms with E-state index in [9.17, 15) is 9.18 Å². The van der Waals surface area contributed by atoms with Gasteiger partial charge < -0.3 is 14.8 Å². The molecule has 1 rings (SSSR count). The van der Waals surface area contributed by atoms with Crippen molar-refractivity contribution in [2.75, 3.05) is 14.2 Å². The Bertz CT molecular complexity index is 427. The maximum absolute atomic E-state index is 13.0. The van der Waals surface area contributed by atoms with Crippen molar-refractivity contribution in [3.8, 4) is 0 Å². The van der Waals surface area contributed by atoms with Crippen LogP contribution >= 0.6 is 11.6 Å². The summed E-state index contributed by atoms with van der Waals surface area (Å²) in [5.74, 6) is -1.18. The first-order valence-corrected chi connectivity index (χ1v) is 5.55. The summed E-state index contributed by atoms with van der Waals surface area (Å²) >= 11 is 5.72. The second-order valence-electron chi connectivity index (χ2n) is 3.59. The summed E-state index contributed by atoms with van der Waals surface area (Å²) < 4.78 is 23.0. The molecule has 18 heavy (non-hydrogen) atoms. The van der Waals surface area contributed by atoms with Crippen LogP contribution in [0.2, 0.25) is 5.15 Å². The molecule has 7 heteroatoms. The Labute approximate surface area is 109 Å². The number of amides is 1. The number of methoxy groups -OCH3 is 2. The van der Waals surface area contributed by atoms with E-state index in [1.54, 1.807) is 6.92 Å². The normalized spacial score (nSPS) is 12.6. The fraction of sp³-hybridized carbons (Fsp3) is 0.455. The van der Waals surface area contributed by atoms with Crippen LogP contribution < -0.4 is 5.32 Å². The average molecular weight is 277 g/mol. The molecule has 1 heterocycles. The number of carbonyl (C=O) groups excluding carboxylic acids is 1. The van der Waals surface area contributed by atoms with Gasteiger partial charge in [0.2, 0.25) is 0 Å². The van der Waals surface area contributed by atoms with Crippen LogP contribution in [-0.4, -0.2) is 37.4 Å². The second-order valence-corrected chi connectivity index (χ2v) is 3.95. The minimum Gasteiger partial charge on any atom is -0.354 e. The topological polar surface area (TPSA) is 60.5 Å². The highest BCUT2D eigenvalue weighted by molar-refractivity contribution is 6.32.